The van der Waals surface area contributed by atoms with Crippen molar-refractivity contribution in [2.24, 2.45) is 0 Å². The fraction of sp³-hybridized carbons (Fsp3) is 0.350. The highest BCUT2D eigenvalue weighted by Gasteiger charge is 2.35. The normalized spacial score (nSPS) is 15.9. The Balaban J connectivity index is 1.56. The van der Waals surface area contributed by atoms with Gasteiger partial charge in [0.2, 0.25) is 5.91 Å². The molecule has 0 bridgehead atoms. The largest absolute Gasteiger partial charge is 0.491 e. The Bertz CT molecular complexity index is 802. The average Bonchev–Trinajstić information content (AvgIpc) is 2.67. The lowest BCUT2D eigenvalue weighted by molar-refractivity contribution is -0.114. The fourth-order valence-electron chi connectivity index (χ4n) is 3.00. The van der Waals surface area contributed by atoms with Crippen LogP contribution < -0.4 is 10.1 Å². The van der Waals surface area contributed by atoms with Gasteiger partial charge in [-0.15, -0.1) is 0 Å². The van der Waals surface area contributed by atoms with Gasteiger partial charge >= 0.3 is 0 Å². The van der Waals surface area contributed by atoms with Gasteiger partial charge < -0.3 is 20.1 Å². The van der Waals surface area contributed by atoms with E-state index in [9.17, 15) is 14.7 Å². The van der Waals surface area contributed by atoms with E-state index in [4.69, 9.17) is 4.74 Å². The van der Waals surface area contributed by atoms with Crippen molar-refractivity contribution in [2.75, 3.05) is 25.0 Å². The second-order valence-electron chi connectivity index (χ2n) is 6.73. The van der Waals surface area contributed by atoms with Gasteiger partial charge in [0.25, 0.3) is 5.91 Å². The third kappa shape index (κ3) is 5.04. The maximum atomic E-state index is 12.7. The summed E-state index contributed by atoms with van der Waals surface area (Å²) < 4.78 is 5.68. The van der Waals surface area contributed by atoms with Crippen molar-refractivity contribution in [3.05, 3.63) is 54.2 Å². The van der Waals surface area contributed by atoms with E-state index in [2.05, 4.69) is 10.3 Å². The van der Waals surface area contributed by atoms with E-state index in [1.54, 1.807) is 17.0 Å². The van der Waals surface area contributed by atoms with E-state index in [-0.39, 0.29) is 18.4 Å². The molecule has 0 atom stereocenters. The van der Waals surface area contributed by atoms with Crippen LogP contribution in [0, 0.1) is 0 Å². The van der Waals surface area contributed by atoms with E-state index >= 15 is 0 Å². The lowest BCUT2D eigenvalue weighted by Crippen LogP contribution is -2.49. The van der Waals surface area contributed by atoms with Gasteiger partial charge in [-0.05, 0) is 37.1 Å². The molecule has 1 saturated heterocycles. The second-order valence-corrected chi connectivity index (χ2v) is 6.73. The van der Waals surface area contributed by atoms with E-state index in [1.165, 1.54) is 13.1 Å². The zero-order valence-corrected chi connectivity index (χ0v) is 15.2. The van der Waals surface area contributed by atoms with Crippen LogP contribution >= 0.6 is 0 Å². The number of benzene rings is 1. The van der Waals surface area contributed by atoms with E-state index in [0.717, 1.165) is 0 Å². The zero-order valence-electron chi connectivity index (χ0n) is 15.2. The molecule has 2 aromatic rings. The molecule has 27 heavy (non-hydrogen) atoms. The minimum Gasteiger partial charge on any atom is -0.491 e. The number of piperidine rings is 1. The minimum absolute atomic E-state index is 0.143. The minimum atomic E-state index is -0.952. The number of rotatable bonds is 5. The number of nitrogens with zero attached hydrogens (tertiary/aromatic N) is 2. The molecule has 0 saturated carbocycles. The Kier molecular flexibility index (Phi) is 5.71. The number of ether oxygens (including phenoxy) is 1. The third-order valence-electron chi connectivity index (χ3n) is 4.54. The van der Waals surface area contributed by atoms with Crippen LogP contribution in [-0.2, 0) is 4.79 Å². The first-order chi connectivity index (χ1) is 13.0. The molecule has 2 N–H and O–H groups in total. The van der Waals surface area contributed by atoms with Gasteiger partial charge in [0, 0.05) is 31.8 Å². The third-order valence-corrected chi connectivity index (χ3v) is 4.54. The number of para-hydroxylation sites is 1. The summed E-state index contributed by atoms with van der Waals surface area (Å²) in [7, 11) is 0. The quantitative estimate of drug-likeness (QED) is 0.842. The number of amides is 2. The Morgan fingerprint density at radius 2 is 1.93 bits per heavy atom. The summed E-state index contributed by atoms with van der Waals surface area (Å²) >= 11 is 0. The number of likely N-dealkylation sites (tertiary alicyclic amines) is 1. The standard InChI is InChI=1S/C20H23N3O4/c1-15(24)22-18-13-16(7-10-21-18)19(25)23-11-8-20(26,9-12-23)14-27-17-5-3-2-4-6-17/h2-7,10,13,26H,8-9,11-12,14H2,1H3,(H,21,22,24). The topological polar surface area (TPSA) is 91.8 Å². The van der Waals surface area contributed by atoms with Gasteiger partial charge in [0.15, 0.2) is 0 Å². The summed E-state index contributed by atoms with van der Waals surface area (Å²) in [6.07, 6.45) is 2.37. The highest BCUT2D eigenvalue weighted by molar-refractivity contribution is 5.96. The Labute approximate surface area is 158 Å². The molecule has 1 aliphatic heterocycles. The fourth-order valence-corrected chi connectivity index (χ4v) is 3.00. The second kappa shape index (κ2) is 8.18. The van der Waals surface area contributed by atoms with Crippen LogP contribution in [-0.4, -0.2) is 52.1 Å². The maximum Gasteiger partial charge on any atom is 0.254 e. The molecule has 142 valence electrons. The van der Waals surface area contributed by atoms with Crippen LogP contribution in [0.25, 0.3) is 0 Å². The SMILES string of the molecule is CC(=O)Nc1cc(C(=O)N2CCC(O)(COc3ccccc3)CC2)ccn1. The first-order valence-electron chi connectivity index (χ1n) is 8.88. The number of nitrogens with one attached hydrogen (secondary N) is 1. The van der Waals surface area contributed by atoms with Crippen LogP contribution in [0.3, 0.4) is 0 Å². The van der Waals surface area contributed by atoms with Crippen molar-refractivity contribution in [1.29, 1.82) is 0 Å². The van der Waals surface area contributed by atoms with Gasteiger partial charge in [0.1, 0.15) is 23.8 Å². The molecule has 3 rings (SSSR count). The molecule has 2 amide bonds. The van der Waals surface area contributed by atoms with Crippen LogP contribution in [0.2, 0.25) is 0 Å². The highest BCUT2D eigenvalue weighted by Crippen LogP contribution is 2.25. The van der Waals surface area contributed by atoms with E-state index in [1.807, 2.05) is 30.3 Å². The van der Waals surface area contributed by atoms with Gasteiger partial charge in [-0.1, -0.05) is 18.2 Å². The van der Waals surface area contributed by atoms with Crippen molar-refractivity contribution >= 4 is 17.6 Å². The maximum absolute atomic E-state index is 12.7. The van der Waals surface area contributed by atoms with Crippen molar-refractivity contribution in [3.8, 4) is 5.75 Å². The highest BCUT2D eigenvalue weighted by atomic mass is 16.5. The summed E-state index contributed by atoms with van der Waals surface area (Å²) in [6, 6.07) is 12.5. The molecule has 0 unspecified atom stereocenters. The van der Waals surface area contributed by atoms with Crippen LogP contribution in [0.1, 0.15) is 30.1 Å². The molecular formula is C20H23N3O4. The summed E-state index contributed by atoms with van der Waals surface area (Å²) in [6.45, 7) is 2.46. The lowest BCUT2D eigenvalue weighted by atomic mass is 9.92. The summed E-state index contributed by atoms with van der Waals surface area (Å²) in [5, 5.41) is 13.3. The predicted octanol–water partition coefficient (Wildman–Crippen LogP) is 2.09. The van der Waals surface area contributed by atoms with E-state index in [0.29, 0.717) is 43.1 Å². The van der Waals surface area contributed by atoms with Crippen LogP contribution in [0.15, 0.2) is 48.7 Å². The number of carbonyl (C=O) groups is 2. The number of hydrogen-bond acceptors (Lipinski definition) is 5. The molecule has 1 aromatic heterocycles. The number of aliphatic hydroxyl groups is 1. The monoisotopic (exact) mass is 369 g/mol. The Morgan fingerprint density at radius 1 is 1.22 bits per heavy atom. The first-order valence-corrected chi connectivity index (χ1v) is 8.88. The molecule has 1 fully saturated rings. The number of hydrogen-bond donors (Lipinski definition) is 2. The molecule has 7 nitrogen and oxygen atoms in total. The van der Waals surface area contributed by atoms with Gasteiger partial charge in [-0.2, -0.15) is 0 Å². The van der Waals surface area contributed by atoms with Crippen LogP contribution in [0.5, 0.6) is 5.75 Å². The Morgan fingerprint density at radius 3 is 2.59 bits per heavy atom. The number of anilines is 1. The molecule has 0 aliphatic carbocycles. The van der Waals surface area contributed by atoms with Gasteiger partial charge in [-0.25, -0.2) is 4.98 Å². The average molecular weight is 369 g/mol. The molecule has 2 heterocycles. The summed E-state index contributed by atoms with van der Waals surface area (Å²) in [5.41, 5.74) is -0.494. The molecule has 7 heteroatoms. The van der Waals surface area contributed by atoms with Crippen molar-refractivity contribution in [1.82, 2.24) is 9.88 Å². The number of aromatic nitrogens is 1. The molecule has 1 aliphatic rings. The van der Waals surface area contributed by atoms with Gasteiger partial charge in [0.05, 0.1) is 0 Å². The molecule has 1 aromatic carbocycles. The summed E-state index contributed by atoms with van der Waals surface area (Å²) in [4.78, 5) is 29.6. The van der Waals surface area contributed by atoms with Crippen molar-refractivity contribution < 1.29 is 19.4 Å². The summed E-state index contributed by atoms with van der Waals surface area (Å²) in [5.74, 6) is 0.674. The molecule has 0 spiro atoms. The van der Waals surface area contributed by atoms with Crippen molar-refractivity contribution in [2.45, 2.75) is 25.4 Å². The lowest BCUT2D eigenvalue weighted by Gasteiger charge is -2.38. The van der Waals surface area contributed by atoms with Crippen LogP contribution in [0.4, 0.5) is 5.82 Å². The smallest absolute Gasteiger partial charge is 0.254 e. The van der Waals surface area contributed by atoms with Crippen molar-refractivity contribution in [3.63, 3.8) is 0 Å². The Hall–Kier alpha value is -2.93. The molecular weight excluding hydrogens is 346 g/mol. The first kappa shape index (κ1) is 18.8. The number of carbonyl (C=O) groups excluding carboxylic acids is 2. The van der Waals surface area contributed by atoms with E-state index < -0.39 is 5.60 Å². The number of pyridine rings is 1. The molecule has 0 radical (unpaired) electrons. The van der Waals surface area contributed by atoms with Gasteiger partial charge in [-0.3, -0.25) is 9.59 Å². The predicted molar refractivity (Wildman–Crippen MR) is 101 cm³/mol. The zero-order chi connectivity index (χ0) is 19.3.